The molecule has 3 unspecified atom stereocenters. The average molecular weight is 741 g/mol. The summed E-state index contributed by atoms with van der Waals surface area (Å²) in [5.74, 6) is -0.357. The van der Waals surface area contributed by atoms with Gasteiger partial charge in [-0.2, -0.15) is 0 Å². The van der Waals surface area contributed by atoms with Gasteiger partial charge in [-0.3, -0.25) is 14.4 Å². The summed E-state index contributed by atoms with van der Waals surface area (Å²) in [6, 6.07) is 13.9. The van der Waals surface area contributed by atoms with Crippen molar-refractivity contribution in [2.45, 2.75) is 59.9 Å². The lowest BCUT2D eigenvalue weighted by molar-refractivity contribution is -0.139. The first-order valence-electron chi connectivity index (χ1n) is 16.7. The van der Waals surface area contributed by atoms with E-state index in [1.54, 1.807) is 45.7 Å². The lowest BCUT2D eigenvalue weighted by Gasteiger charge is -2.38. The number of aliphatic hydroxyl groups excluding tert-OH is 1. The number of methoxy groups -OCH3 is 1. The van der Waals surface area contributed by atoms with E-state index >= 15 is 0 Å². The van der Waals surface area contributed by atoms with Crippen molar-refractivity contribution in [3.8, 4) is 11.5 Å². The molecule has 1 spiro atoms. The summed E-state index contributed by atoms with van der Waals surface area (Å²) in [4.78, 5) is 49.4. The number of hydrogen-bond donors (Lipinski definition) is 1. The summed E-state index contributed by atoms with van der Waals surface area (Å²) in [5.41, 5.74) is 1.39. The Bertz CT molecular complexity index is 1470. The maximum Gasteiger partial charge on any atom is 0.251 e. The third-order valence-corrected chi connectivity index (χ3v) is 12.8. The Kier molecular flexibility index (Phi) is 12.0. The molecule has 0 radical (unpaired) electrons. The lowest BCUT2D eigenvalue weighted by atomic mass is 9.70. The van der Waals surface area contributed by atoms with Gasteiger partial charge < -0.3 is 29.3 Å². The average Bonchev–Trinajstić information content (AvgIpc) is 3.69. The van der Waals surface area contributed by atoms with Crippen LogP contribution in [0.2, 0.25) is 0 Å². The Balaban J connectivity index is 1.53. The number of likely N-dealkylation sites (tertiary alicyclic amines) is 1. The fourth-order valence-electron chi connectivity index (χ4n) is 7.56. The second-order valence-corrected chi connectivity index (χ2v) is 15.1. The van der Waals surface area contributed by atoms with Crippen LogP contribution in [0.25, 0.3) is 0 Å². The van der Waals surface area contributed by atoms with Crippen molar-refractivity contribution in [2.75, 3.05) is 49.8 Å². The van der Waals surface area contributed by atoms with Gasteiger partial charge in [0, 0.05) is 47.7 Å². The van der Waals surface area contributed by atoms with Gasteiger partial charge in [0.05, 0.1) is 30.3 Å². The molecule has 2 aromatic rings. The van der Waals surface area contributed by atoms with Crippen LogP contribution in [0.3, 0.4) is 0 Å². The number of alkyl halides is 1. The molecule has 0 aromatic heterocycles. The van der Waals surface area contributed by atoms with E-state index in [9.17, 15) is 19.5 Å². The predicted molar refractivity (Wildman–Crippen MR) is 195 cm³/mol. The number of aliphatic hydroxyl groups is 1. The number of carbonyl (C=O) groups is 3. The Hall–Kier alpha value is -3.28. The van der Waals surface area contributed by atoms with Gasteiger partial charge in [0.15, 0.2) is 0 Å². The monoisotopic (exact) mass is 739 g/mol. The van der Waals surface area contributed by atoms with Crippen LogP contribution < -0.4 is 19.3 Å². The molecule has 258 valence electrons. The Morgan fingerprint density at radius 3 is 2.12 bits per heavy atom. The smallest absolute Gasteiger partial charge is 0.251 e. The highest BCUT2D eigenvalue weighted by atomic mass is 79.9. The number of amides is 3. The van der Waals surface area contributed by atoms with Gasteiger partial charge in [0.2, 0.25) is 11.8 Å². The zero-order valence-electron chi connectivity index (χ0n) is 27.8. The molecule has 2 aromatic carbocycles. The Labute approximate surface area is 296 Å². The van der Waals surface area contributed by atoms with Crippen LogP contribution in [-0.4, -0.2) is 88.6 Å². The van der Waals surface area contributed by atoms with Crippen LogP contribution in [0.1, 0.15) is 39.0 Å². The van der Waals surface area contributed by atoms with Gasteiger partial charge in [-0.1, -0.05) is 40.9 Å². The number of rotatable bonds is 17. The fraction of sp³-hybridized carbons (Fsp3) is 0.486. The topological polar surface area (TPSA) is 99.6 Å². The number of nitrogens with zero attached hydrogens (tertiary/aromatic N) is 3. The standard InChI is InChI=1S/C37H46BrN3O6S/c1-5-20-39(25-14-18-28(19-15-25)47-7-3)34(43)30-31-35(44)41(22-10-8-9-11-23-42)33(37(31)24-29(38)32(30)48-37)36(45)40(21-6-2)26-12-16-27(46-4)17-13-26/h5-6,12-19,29-33,42H,1-2,7-11,20-24H2,3-4H3/t29?,30-,31+,32-,33?,37?/m1/s1. The molecule has 3 heterocycles. The number of anilines is 2. The fourth-order valence-corrected chi connectivity index (χ4v) is 11.2. The van der Waals surface area contributed by atoms with E-state index in [0.717, 1.165) is 12.8 Å². The number of hydrogen-bond acceptors (Lipinski definition) is 7. The van der Waals surface area contributed by atoms with Crippen LogP contribution in [0.4, 0.5) is 11.4 Å². The molecular formula is C37H46BrN3O6S. The summed E-state index contributed by atoms with van der Waals surface area (Å²) in [6.07, 6.45) is 7.02. The van der Waals surface area contributed by atoms with Gasteiger partial charge in [-0.05, 0) is 74.7 Å². The first-order chi connectivity index (χ1) is 23.3. The molecule has 3 fully saturated rings. The minimum absolute atomic E-state index is 0.0555. The summed E-state index contributed by atoms with van der Waals surface area (Å²) in [5, 5.41) is 9.11. The van der Waals surface area contributed by atoms with Crippen LogP contribution in [0.5, 0.6) is 11.5 Å². The van der Waals surface area contributed by atoms with Crippen LogP contribution in [-0.2, 0) is 14.4 Å². The van der Waals surface area contributed by atoms with Gasteiger partial charge in [-0.15, -0.1) is 24.9 Å². The van der Waals surface area contributed by atoms with Gasteiger partial charge >= 0.3 is 0 Å². The minimum atomic E-state index is -0.789. The minimum Gasteiger partial charge on any atom is -0.497 e. The number of fused-ring (bicyclic) bond motifs is 1. The number of thioether (sulfide) groups is 1. The van der Waals surface area contributed by atoms with Crippen LogP contribution in [0, 0.1) is 11.8 Å². The zero-order valence-corrected chi connectivity index (χ0v) is 30.2. The van der Waals surface area contributed by atoms with Gasteiger partial charge in [0.25, 0.3) is 5.91 Å². The highest BCUT2D eigenvalue weighted by molar-refractivity contribution is 9.09. The van der Waals surface area contributed by atoms with Crippen molar-refractivity contribution in [1.29, 1.82) is 0 Å². The molecular weight excluding hydrogens is 694 g/mol. The predicted octanol–water partition coefficient (Wildman–Crippen LogP) is 5.85. The Morgan fingerprint density at radius 2 is 1.56 bits per heavy atom. The first-order valence-corrected chi connectivity index (χ1v) is 18.5. The van der Waals surface area contributed by atoms with E-state index in [1.807, 2.05) is 55.5 Å². The second-order valence-electron chi connectivity index (χ2n) is 12.4. The molecule has 3 saturated heterocycles. The molecule has 11 heteroatoms. The molecule has 48 heavy (non-hydrogen) atoms. The van der Waals surface area contributed by atoms with E-state index in [2.05, 4.69) is 29.1 Å². The molecule has 3 aliphatic heterocycles. The van der Waals surface area contributed by atoms with Crippen molar-refractivity contribution in [2.24, 2.45) is 11.8 Å². The van der Waals surface area contributed by atoms with Crippen molar-refractivity contribution in [3.05, 3.63) is 73.8 Å². The maximum absolute atomic E-state index is 14.9. The van der Waals surface area contributed by atoms with E-state index in [-0.39, 0.29) is 47.5 Å². The number of halogens is 1. The number of carbonyl (C=O) groups excluding carboxylic acids is 3. The second kappa shape index (κ2) is 16.0. The summed E-state index contributed by atoms with van der Waals surface area (Å²) < 4.78 is 10.2. The summed E-state index contributed by atoms with van der Waals surface area (Å²) in [7, 11) is 1.60. The number of benzene rings is 2. The largest absolute Gasteiger partial charge is 0.497 e. The van der Waals surface area contributed by atoms with E-state index in [4.69, 9.17) is 9.47 Å². The SMILES string of the molecule is C=CCN(C(=O)C1N(CCCCCCO)C(=O)[C@@H]2[C@@H](C(=O)N(CC=C)c3ccc(OCC)cc3)[C@@H]3SC12CC3Br)c1ccc(OC)cc1. The van der Waals surface area contributed by atoms with Crippen molar-refractivity contribution in [3.63, 3.8) is 0 Å². The van der Waals surface area contributed by atoms with E-state index in [1.165, 1.54) is 0 Å². The molecule has 0 aliphatic carbocycles. The van der Waals surface area contributed by atoms with Crippen LogP contribution in [0.15, 0.2) is 73.8 Å². The quantitative estimate of drug-likeness (QED) is 0.124. The highest BCUT2D eigenvalue weighted by Gasteiger charge is 2.76. The molecule has 3 aliphatic rings. The molecule has 9 nitrogen and oxygen atoms in total. The van der Waals surface area contributed by atoms with Gasteiger partial charge in [0.1, 0.15) is 17.5 Å². The maximum atomic E-state index is 14.9. The van der Waals surface area contributed by atoms with Crippen LogP contribution >= 0.6 is 27.7 Å². The number of ether oxygens (including phenoxy) is 2. The highest BCUT2D eigenvalue weighted by Crippen LogP contribution is 2.68. The zero-order chi connectivity index (χ0) is 34.4. The Morgan fingerprint density at radius 1 is 0.979 bits per heavy atom. The lowest BCUT2D eigenvalue weighted by Crippen LogP contribution is -2.56. The molecule has 1 N–H and O–H groups in total. The molecule has 3 amide bonds. The van der Waals surface area contributed by atoms with Crippen molar-refractivity contribution >= 4 is 56.8 Å². The third kappa shape index (κ3) is 6.78. The third-order valence-electron chi connectivity index (χ3n) is 9.61. The molecule has 0 saturated carbocycles. The van der Waals surface area contributed by atoms with E-state index < -0.39 is 22.6 Å². The molecule has 5 rings (SSSR count). The normalized spacial score (nSPS) is 25.5. The van der Waals surface area contributed by atoms with Crippen molar-refractivity contribution in [1.82, 2.24) is 4.90 Å². The number of unbranched alkanes of at least 4 members (excludes halogenated alkanes) is 3. The summed E-state index contributed by atoms with van der Waals surface area (Å²) in [6.45, 7) is 11.4. The summed E-state index contributed by atoms with van der Waals surface area (Å²) >= 11 is 5.53. The van der Waals surface area contributed by atoms with Crippen molar-refractivity contribution < 1.29 is 29.0 Å². The molecule has 6 atom stereocenters. The first kappa shape index (κ1) is 36.0. The van der Waals surface area contributed by atoms with Gasteiger partial charge in [-0.25, -0.2) is 0 Å². The molecule has 2 bridgehead atoms. The van der Waals surface area contributed by atoms with E-state index in [0.29, 0.717) is 55.3 Å².